The lowest BCUT2D eigenvalue weighted by Gasteiger charge is -2.22. The molecule has 18 rings (SSSR count). The van der Waals surface area contributed by atoms with Gasteiger partial charge in [-0.05, 0) is 194 Å². The number of benzene rings is 10. The summed E-state index contributed by atoms with van der Waals surface area (Å²) in [5.74, 6) is 4.50. The van der Waals surface area contributed by atoms with Crippen molar-refractivity contribution in [3.8, 4) is 24.0 Å². The van der Waals surface area contributed by atoms with Gasteiger partial charge in [0.2, 0.25) is 0 Å². The van der Waals surface area contributed by atoms with E-state index in [1.807, 2.05) is 140 Å². The summed E-state index contributed by atoms with van der Waals surface area (Å²) in [6.07, 6.45) is 16.5. The highest BCUT2D eigenvalue weighted by atomic mass is 16.5. The maximum atomic E-state index is 9.24. The fraction of sp³-hybridized carbons (Fsp3) is 0.223. The van der Waals surface area contributed by atoms with Gasteiger partial charge in [0.25, 0.3) is 0 Å². The maximum Gasteiger partial charge on any atom is 0.147 e. The lowest BCUT2D eigenvalue weighted by Crippen LogP contribution is -2.27. The van der Waals surface area contributed by atoms with Gasteiger partial charge in [-0.1, -0.05) is 229 Å². The smallest absolute Gasteiger partial charge is 0.147 e. The third kappa shape index (κ3) is 29.0. The molecule has 10 aromatic carbocycles. The van der Waals surface area contributed by atoms with Crippen LogP contribution in [0.1, 0.15) is 129 Å². The predicted molar refractivity (Wildman–Crippen MR) is 531 cm³/mol. The van der Waals surface area contributed by atoms with Gasteiger partial charge in [-0.25, -0.2) is 0 Å². The molecule has 0 saturated carbocycles. The molecule has 136 heavy (non-hydrogen) atoms. The second-order valence-electron chi connectivity index (χ2n) is 34.2. The normalized spacial score (nSPS) is 11.1. The fourth-order valence-corrected chi connectivity index (χ4v) is 15.9. The van der Waals surface area contributed by atoms with Gasteiger partial charge in [0, 0.05) is 81.7 Å². The SMILES string of the molecule is COc1cccc(Cn2cnnc2CN(CCc2ccc(C)cc2)Cc2ccc3ccccc3n2)c1.Cc1ccc(CCN(Cc2ccc3ccccc3n2)Cc2nncn2Cc2cccc(C#N)c2)cc1.Cc1ccc(CCN(Cc2ccccn2)Cc2nncn2Cc2ccc(C#N)cc2)cc1.Cc1ccc(CCN(Cc2cccnc2)Cc2nncn2Cc2ccc(C#N)cc2)cc1. The van der Waals surface area contributed by atoms with Gasteiger partial charge in [0.1, 0.15) is 54.4 Å². The minimum absolute atomic E-state index is 0.623. The number of rotatable bonds is 37. The zero-order chi connectivity index (χ0) is 93.8. The number of para-hydroxylation sites is 2. The van der Waals surface area contributed by atoms with E-state index in [1.165, 1.54) is 50.1 Å². The first-order chi connectivity index (χ1) is 66.7. The van der Waals surface area contributed by atoms with Crippen molar-refractivity contribution in [3.63, 3.8) is 0 Å². The van der Waals surface area contributed by atoms with Gasteiger partial charge in [-0.2, -0.15) is 15.8 Å². The van der Waals surface area contributed by atoms with Crippen LogP contribution in [0.5, 0.6) is 5.75 Å². The van der Waals surface area contributed by atoms with Crippen molar-refractivity contribution in [2.24, 2.45) is 0 Å². The molecule has 0 radical (unpaired) electrons. The Hall–Kier alpha value is -16.0. The van der Waals surface area contributed by atoms with Crippen LogP contribution in [-0.2, 0) is 104 Å². The molecule has 0 N–H and O–H groups in total. The Labute approximate surface area is 795 Å². The van der Waals surface area contributed by atoms with Crippen LogP contribution < -0.4 is 4.74 Å². The highest BCUT2D eigenvalue weighted by molar-refractivity contribution is 5.79. The number of nitrogens with zero attached hydrogens (tertiary/aromatic N) is 23. The van der Waals surface area contributed by atoms with Crippen LogP contribution in [0.3, 0.4) is 0 Å². The molecule has 8 heterocycles. The van der Waals surface area contributed by atoms with Gasteiger partial charge >= 0.3 is 0 Å². The van der Waals surface area contributed by atoms with Crippen molar-refractivity contribution >= 4 is 21.8 Å². The van der Waals surface area contributed by atoms with E-state index in [1.54, 1.807) is 38.6 Å². The zero-order valence-electron chi connectivity index (χ0n) is 77.7. The minimum atomic E-state index is 0.623. The molecular weight excluding hydrogens is 1680 g/mol. The van der Waals surface area contributed by atoms with Crippen LogP contribution in [0.2, 0.25) is 0 Å². The maximum absolute atomic E-state index is 9.24. The average molecular weight is 1800 g/mol. The number of aromatic nitrogens is 16. The molecular formula is C112H111N23O. The first kappa shape index (κ1) is 94.6. The van der Waals surface area contributed by atoms with E-state index in [0.29, 0.717) is 75.6 Å². The molecule has 24 nitrogen and oxygen atoms in total. The lowest BCUT2D eigenvalue weighted by molar-refractivity contribution is 0.247. The Kier molecular flexibility index (Phi) is 34.0. The second kappa shape index (κ2) is 48.9. The highest BCUT2D eigenvalue weighted by Crippen LogP contribution is 2.24. The summed E-state index contributed by atoms with van der Waals surface area (Å²) in [5, 5.41) is 64.0. The summed E-state index contributed by atoms with van der Waals surface area (Å²) in [5.41, 5.74) is 23.1. The van der Waals surface area contributed by atoms with E-state index in [-0.39, 0.29) is 0 Å². The molecule has 0 aliphatic rings. The molecule has 18 aromatic rings. The van der Waals surface area contributed by atoms with E-state index >= 15 is 0 Å². The Bertz CT molecular complexity index is 6710. The summed E-state index contributed by atoms with van der Waals surface area (Å²) >= 11 is 0. The van der Waals surface area contributed by atoms with Crippen LogP contribution in [-0.4, -0.2) is 132 Å². The topological polar surface area (TPSA) is 268 Å². The molecule has 680 valence electrons. The van der Waals surface area contributed by atoms with Crippen molar-refractivity contribution in [3.05, 3.63) is 471 Å². The van der Waals surface area contributed by atoms with Crippen LogP contribution >= 0.6 is 0 Å². The third-order valence-corrected chi connectivity index (χ3v) is 23.7. The number of ether oxygens (including phenoxy) is 1. The largest absolute Gasteiger partial charge is 0.497 e. The van der Waals surface area contributed by atoms with Gasteiger partial charge in [-0.3, -0.25) is 39.5 Å². The lowest BCUT2D eigenvalue weighted by atomic mass is 10.1. The van der Waals surface area contributed by atoms with Crippen LogP contribution in [0.25, 0.3) is 21.8 Å². The number of nitriles is 3. The molecule has 0 aliphatic heterocycles. The summed E-state index contributed by atoms with van der Waals surface area (Å²) in [6, 6.07) is 108. The van der Waals surface area contributed by atoms with Crippen molar-refractivity contribution in [2.75, 3.05) is 33.3 Å². The first-order valence-corrected chi connectivity index (χ1v) is 45.9. The van der Waals surface area contributed by atoms with Crippen molar-refractivity contribution in [1.82, 2.24) is 98.6 Å². The van der Waals surface area contributed by atoms with E-state index < -0.39 is 0 Å². The Morgan fingerprint density at radius 2 is 0.654 bits per heavy atom. The number of aryl methyl sites for hydroxylation is 4. The molecule has 0 bridgehead atoms. The van der Waals surface area contributed by atoms with Gasteiger partial charge in [0.05, 0.1) is 122 Å². The van der Waals surface area contributed by atoms with Crippen molar-refractivity contribution in [1.29, 1.82) is 15.8 Å². The summed E-state index contributed by atoms with van der Waals surface area (Å²) in [4.78, 5) is 28.1. The van der Waals surface area contributed by atoms with E-state index in [9.17, 15) is 5.26 Å². The number of hydrogen-bond donors (Lipinski definition) is 0. The number of fused-ring (bicyclic) bond motifs is 2. The molecule has 0 aliphatic carbocycles. The molecule has 0 atom stereocenters. The Balaban J connectivity index is 0.000000138. The first-order valence-electron chi connectivity index (χ1n) is 45.9. The van der Waals surface area contributed by atoms with Crippen molar-refractivity contribution < 1.29 is 4.74 Å². The molecule has 0 amide bonds. The van der Waals surface area contributed by atoms with E-state index in [2.05, 4.69) is 304 Å². The van der Waals surface area contributed by atoms with Crippen LogP contribution in [0.15, 0.2) is 341 Å². The van der Waals surface area contributed by atoms with Crippen molar-refractivity contribution in [2.45, 2.75) is 132 Å². The minimum Gasteiger partial charge on any atom is -0.497 e. The summed E-state index contributed by atoms with van der Waals surface area (Å²) in [7, 11) is 1.69. The third-order valence-electron chi connectivity index (χ3n) is 23.7. The molecule has 0 fully saturated rings. The zero-order valence-corrected chi connectivity index (χ0v) is 77.7. The van der Waals surface area contributed by atoms with E-state index in [0.717, 1.165) is 162 Å². The summed E-state index contributed by atoms with van der Waals surface area (Å²) in [6.45, 7) is 20.4. The predicted octanol–water partition coefficient (Wildman–Crippen LogP) is 19.0. The standard InChI is InChI=1S/C30H28N6.C30H31N5O.2C26H26N6/c1-23-9-11-24(12-10-23)15-16-35(20-28-14-13-27-7-2-3-8-29(27)33-28)21-30-34-32-22-36(30)19-26-6-4-5-25(17-26)18-31;1-23-10-12-24(13-11-23)16-17-34(20-27-15-14-26-7-3-4-9-29(26)32-27)21-30-33-31-22-35(30)19-25-6-5-8-28(18-25)36-2;1-21-4-6-22(7-5-21)12-14-31(17-25-3-2-13-28-16-25)19-26-30-29-20-32(26)18-24-10-8-23(15-27)9-11-24;1-21-5-7-22(8-6-21)13-15-31(18-25-4-2-3-14-28-25)19-26-30-29-20-32(26)17-24-11-9-23(16-27)10-12-24/h2-14,17,22H,15-16,19-21H2,1H3;3-15,18,22H,16-17,19-21H2,1-2H3;2-11,13,16,20H,12,14,17-19H2,1H3;2-12,14,20H,13,15,17-19H2,1H3. The fourth-order valence-electron chi connectivity index (χ4n) is 15.9. The highest BCUT2D eigenvalue weighted by Gasteiger charge is 2.21. The summed E-state index contributed by atoms with van der Waals surface area (Å²) < 4.78 is 13.7. The Morgan fingerprint density at radius 1 is 0.294 bits per heavy atom. The average Bonchev–Trinajstić information content (AvgIpc) is 1.50. The molecule has 24 heteroatoms. The Morgan fingerprint density at radius 3 is 1.04 bits per heavy atom. The van der Waals surface area contributed by atoms with Crippen LogP contribution in [0, 0.1) is 61.7 Å². The molecule has 0 unspecified atom stereocenters. The van der Waals surface area contributed by atoms with Gasteiger partial charge in [-0.15, -0.1) is 40.8 Å². The van der Waals surface area contributed by atoms with Gasteiger partial charge in [0.15, 0.2) is 0 Å². The number of pyridine rings is 4. The second-order valence-corrected chi connectivity index (χ2v) is 34.2. The quantitative estimate of drug-likeness (QED) is 0.0350. The van der Waals surface area contributed by atoms with Crippen LogP contribution in [0.4, 0.5) is 0 Å². The molecule has 0 saturated heterocycles. The number of methoxy groups -OCH3 is 1. The molecule has 0 spiro atoms. The van der Waals surface area contributed by atoms with Gasteiger partial charge < -0.3 is 23.0 Å². The number of hydrogen-bond acceptors (Lipinski definition) is 20. The monoisotopic (exact) mass is 1790 g/mol. The molecule has 8 aromatic heterocycles. The van der Waals surface area contributed by atoms with E-state index in [4.69, 9.17) is 25.2 Å².